The minimum atomic E-state index is -0.0485. The van der Waals surface area contributed by atoms with Gasteiger partial charge in [-0.15, -0.1) is 0 Å². The number of hydrogen-bond donors (Lipinski definition) is 0. The highest BCUT2D eigenvalue weighted by atomic mass is 32.1. The minimum absolute atomic E-state index is 0.0485. The second-order valence-corrected chi connectivity index (χ2v) is 5.14. The minimum Gasteiger partial charge on any atom is -0.327 e. The van der Waals surface area contributed by atoms with Gasteiger partial charge in [0.25, 0.3) is 0 Å². The zero-order valence-corrected chi connectivity index (χ0v) is 11.1. The van der Waals surface area contributed by atoms with Crippen molar-refractivity contribution >= 4 is 17.3 Å². The normalized spacial score (nSPS) is 28.9. The number of hydrogen-bond acceptors (Lipinski definition) is 2. The lowest BCUT2D eigenvalue weighted by Gasteiger charge is -2.37. The maximum atomic E-state index is 5.50. The van der Waals surface area contributed by atoms with Gasteiger partial charge in [-0.3, -0.25) is 5.01 Å². The monoisotopic (exact) mass is 247 g/mol. The first-order valence-corrected chi connectivity index (χ1v) is 6.43. The summed E-state index contributed by atoms with van der Waals surface area (Å²) in [5, 5.41) is 5.42. The molecule has 4 heteroatoms. The van der Waals surface area contributed by atoms with Crippen LogP contribution < -0.4 is 0 Å². The molecule has 0 bridgehead atoms. The van der Waals surface area contributed by atoms with Crippen molar-refractivity contribution < 1.29 is 0 Å². The fourth-order valence-electron chi connectivity index (χ4n) is 3.20. The van der Waals surface area contributed by atoms with Gasteiger partial charge in [0.2, 0.25) is 0 Å². The molecule has 90 valence electrons. The summed E-state index contributed by atoms with van der Waals surface area (Å²) in [5.41, 5.74) is 1.29. The second-order valence-electron chi connectivity index (χ2n) is 4.77. The standard InChI is InChI=1S/C13H17N3S/c1-14-12(17)15(2)16-10-6-9-13(14,16)11-7-4-3-5-8-11/h3-5,7-8H,6,9-10H2,1-2H3. The first-order chi connectivity index (χ1) is 8.18. The molecule has 0 spiro atoms. The van der Waals surface area contributed by atoms with E-state index in [2.05, 4.69) is 59.3 Å². The van der Waals surface area contributed by atoms with Crippen molar-refractivity contribution in [3.05, 3.63) is 35.9 Å². The number of nitrogens with zero attached hydrogens (tertiary/aromatic N) is 3. The summed E-state index contributed by atoms with van der Waals surface area (Å²) in [4.78, 5) is 2.24. The molecule has 1 atom stereocenters. The van der Waals surface area contributed by atoms with Crippen LogP contribution in [0.3, 0.4) is 0 Å². The average molecular weight is 247 g/mol. The van der Waals surface area contributed by atoms with Crippen LogP contribution in [0.2, 0.25) is 0 Å². The third-order valence-electron chi connectivity index (χ3n) is 4.04. The highest BCUT2D eigenvalue weighted by Gasteiger charge is 2.54. The van der Waals surface area contributed by atoms with Crippen LogP contribution in [0.25, 0.3) is 0 Å². The van der Waals surface area contributed by atoms with E-state index in [0.29, 0.717) is 0 Å². The van der Waals surface area contributed by atoms with Crippen molar-refractivity contribution in [1.82, 2.24) is 14.9 Å². The number of rotatable bonds is 1. The van der Waals surface area contributed by atoms with Crippen LogP contribution in [0.1, 0.15) is 18.4 Å². The van der Waals surface area contributed by atoms with Crippen LogP contribution in [0.15, 0.2) is 30.3 Å². The predicted molar refractivity (Wildman–Crippen MR) is 72.2 cm³/mol. The Hall–Kier alpha value is -1.13. The molecule has 0 radical (unpaired) electrons. The van der Waals surface area contributed by atoms with E-state index in [9.17, 15) is 0 Å². The predicted octanol–water partition coefficient (Wildman–Crippen LogP) is 2.01. The van der Waals surface area contributed by atoms with Gasteiger partial charge in [-0.25, -0.2) is 0 Å². The Morgan fingerprint density at radius 2 is 1.88 bits per heavy atom. The van der Waals surface area contributed by atoms with Gasteiger partial charge < -0.3 is 4.90 Å². The van der Waals surface area contributed by atoms with E-state index in [4.69, 9.17) is 12.2 Å². The SMILES string of the molecule is CN1C(=S)N(C)C2(c3ccccc3)CCCN12. The van der Waals surface area contributed by atoms with Crippen LogP contribution in [0, 0.1) is 0 Å². The van der Waals surface area contributed by atoms with Gasteiger partial charge in [-0.2, -0.15) is 5.01 Å². The van der Waals surface area contributed by atoms with Crippen LogP contribution >= 0.6 is 12.2 Å². The molecule has 0 saturated carbocycles. The smallest absolute Gasteiger partial charge is 0.187 e. The largest absolute Gasteiger partial charge is 0.327 e. The molecule has 0 aromatic heterocycles. The van der Waals surface area contributed by atoms with E-state index in [1.807, 2.05) is 0 Å². The zero-order valence-electron chi connectivity index (χ0n) is 10.3. The summed E-state index contributed by atoms with van der Waals surface area (Å²) in [6.45, 7) is 1.08. The third-order valence-corrected chi connectivity index (χ3v) is 4.58. The van der Waals surface area contributed by atoms with E-state index in [-0.39, 0.29) is 5.66 Å². The van der Waals surface area contributed by atoms with Gasteiger partial charge in [0, 0.05) is 20.6 Å². The Labute approximate surface area is 108 Å². The van der Waals surface area contributed by atoms with Crippen LogP contribution in [0.5, 0.6) is 0 Å². The molecule has 2 saturated heterocycles. The molecule has 0 aliphatic carbocycles. The van der Waals surface area contributed by atoms with Gasteiger partial charge in [0.15, 0.2) is 5.11 Å². The van der Waals surface area contributed by atoms with E-state index in [0.717, 1.165) is 18.1 Å². The van der Waals surface area contributed by atoms with E-state index in [1.54, 1.807) is 0 Å². The quantitative estimate of drug-likeness (QED) is 0.702. The molecule has 17 heavy (non-hydrogen) atoms. The van der Waals surface area contributed by atoms with Crippen LogP contribution in [-0.4, -0.2) is 40.7 Å². The Bertz CT molecular complexity index is 447. The van der Waals surface area contributed by atoms with Crippen molar-refractivity contribution in [2.24, 2.45) is 0 Å². The molecule has 0 N–H and O–H groups in total. The molecule has 3 rings (SSSR count). The fourth-order valence-corrected chi connectivity index (χ4v) is 3.45. The molecule has 2 heterocycles. The lowest BCUT2D eigenvalue weighted by atomic mass is 9.96. The summed E-state index contributed by atoms with van der Waals surface area (Å²) < 4.78 is 0. The van der Waals surface area contributed by atoms with Crippen LogP contribution in [0.4, 0.5) is 0 Å². The number of benzene rings is 1. The molecule has 1 unspecified atom stereocenters. The molecule has 2 aliphatic heterocycles. The van der Waals surface area contributed by atoms with Crippen molar-refractivity contribution in [2.45, 2.75) is 18.5 Å². The topological polar surface area (TPSA) is 9.72 Å². The molecule has 2 fully saturated rings. The lowest BCUT2D eigenvalue weighted by Crippen LogP contribution is -2.46. The third kappa shape index (κ3) is 1.28. The van der Waals surface area contributed by atoms with Crippen molar-refractivity contribution in [3.63, 3.8) is 0 Å². The van der Waals surface area contributed by atoms with Crippen molar-refractivity contribution in [3.8, 4) is 0 Å². The Morgan fingerprint density at radius 1 is 1.18 bits per heavy atom. The van der Waals surface area contributed by atoms with Gasteiger partial charge in [-0.1, -0.05) is 30.3 Å². The average Bonchev–Trinajstić information content (AvgIpc) is 2.88. The van der Waals surface area contributed by atoms with Crippen molar-refractivity contribution in [2.75, 3.05) is 20.6 Å². The van der Waals surface area contributed by atoms with E-state index >= 15 is 0 Å². The fraction of sp³-hybridized carbons (Fsp3) is 0.462. The lowest BCUT2D eigenvalue weighted by molar-refractivity contribution is -0.0190. The number of hydrazine groups is 1. The molecule has 1 aromatic carbocycles. The highest BCUT2D eigenvalue weighted by molar-refractivity contribution is 7.80. The maximum Gasteiger partial charge on any atom is 0.187 e. The van der Waals surface area contributed by atoms with Crippen LogP contribution in [-0.2, 0) is 5.66 Å². The summed E-state index contributed by atoms with van der Waals surface area (Å²) in [7, 11) is 4.17. The van der Waals surface area contributed by atoms with Crippen molar-refractivity contribution in [1.29, 1.82) is 0 Å². The Morgan fingerprint density at radius 3 is 2.59 bits per heavy atom. The number of fused-ring (bicyclic) bond motifs is 1. The first-order valence-electron chi connectivity index (χ1n) is 6.02. The maximum absolute atomic E-state index is 5.50. The zero-order chi connectivity index (χ0) is 12.0. The molecular weight excluding hydrogens is 230 g/mol. The molecule has 3 nitrogen and oxygen atoms in total. The summed E-state index contributed by atoms with van der Waals surface area (Å²) in [5.74, 6) is 0. The second kappa shape index (κ2) is 3.68. The number of thiocarbonyl (C=S) groups is 1. The molecule has 1 aromatic rings. The highest BCUT2D eigenvalue weighted by Crippen LogP contribution is 2.46. The first kappa shape index (κ1) is 11.0. The van der Waals surface area contributed by atoms with Gasteiger partial charge in [0.1, 0.15) is 5.66 Å². The molecular formula is C13H17N3S. The van der Waals surface area contributed by atoms with E-state index in [1.165, 1.54) is 12.0 Å². The van der Waals surface area contributed by atoms with E-state index < -0.39 is 0 Å². The molecule has 2 aliphatic rings. The van der Waals surface area contributed by atoms with Gasteiger partial charge in [0.05, 0.1) is 0 Å². The van der Waals surface area contributed by atoms with Gasteiger partial charge in [-0.05, 0) is 30.6 Å². The summed E-state index contributed by atoms with van der Waals surface area (Å²) in [6.07, 6.45) is 2.35. The Balaban J connectivity index is 2.14. The summed E-state index contributed by atoms with van der Waals surface area (Å²) >= 11 is 5.50. The molecule has 0 amide bonds. The van der Waals surface area contributed by atoms with Gasteiger partial charge >= 0.3 is 0 Å². The summed E-state index contributed by atoms with van der Waals surface area (Å²) in [6, 6.07) is 10.7. The Kier molecular flexibility index (Phi) is 2.38.